The molecule has 6 aliphatic carbocycles. The number of carbonyl (C=O) groups is 4. The first-order valence-corrected chi connectivity index (χ1v) is 26.8. The Balaban J connectivity index is 0.849. The average Bonchev–Trinajstić information content (AvgIpc) is 4.21. The first kappa shape index (κ1) is 49.4. The number of carbonyl (C=O) groups excluding carboxylic acids is 4. The predicted molar refractivity (Wildman–Crippen MR) is 280 cm³/mol. The standard InChI is InChI=1S/C58H68N8O8/c1-31(67)51(63-57(71)73-3)55(69)65-47-11-7-5-9-39(47)29-49(65)53-59-43-23-21-37(27-45(43)61-53)41-25-33-13-17-35(41)19-15-34-14-18-36(20-16-33)42(26-34)38-22-24-44-46(28-38)62-54(60-44)50-30-40-10-6-8-12-48(40)66(50)56(70)52(32(2)68)64-58(72)74-4/h13-14,17-18,21-28,31-32,39-40,47-52,67-68H,5-12,15-16,19-20,29-30H2,1-4H3,(H,59,61)(H,60,62)(H,63,71)(H,64,72). The van der Waals surface area contributed by atoms with Gasteiger partial charge in [-0.3, -0.25) is 9.59 Å². The highest BCUT2D eigenvalue weighted by molar-refractivity contribution is 5.89. The molecule has 16 nitrogen and oxygen atoms in total. The largest absolute Gasteiger partial charge is 0.453 e. The van der Waals surface area contributed by atoms with Gasteiger partial charge in [-0.25, -0.2) is 19.6 Å². The van der Waals surface area contributed by atoms with Gasteiger partial charge < -0.3 is 50.1 Å². The number of aromatic nitrogens is 4. The van der Waals surface area contributed by atoms with E-state index >= 15 is 0 Å². The third-order valence-electron chi connectivity index (χ3n) is 17.1. The summed E-state index contributed by atoms with van der Waals surface area (Å²) in [7, 11) is 2.49. The van der Waals surface area contributed by atoms with Crippen molar-refractivity contribution in [3.63, 3.8) is 0 Å². The van der Waals surface area contributed by atoms with E-state index in [0.717, 1.165) is 123 Å². The molecule has 74 heavy (non-hydrogen) atoms. The molecule has 2 aliphatic heterocycles. The highest BCUT2D eigenvalue weighted by Crippen LogP contribution is 2.48. The number of methoxy groups -OCH3 is 2. The van der Waals surface area contributed by atoms with Crippen LogP contribution in [0.5, 0.6) is 0 Å². The Kier molecular flexibility index (Phi) is 13.7. The fourth-order valence-corrected chi connectivity index (χ4v) is 13.3. The predicted octanol–water partition coefficient (Wildman–Crippen LogP) is 8.53. The van der Waals surface area contributed by atoms with Crippen LogP contribution in [0.3, 0.4) is 0 Å². The summed E-state index contributed by atoms with van der Waals surface area (Å²) in [6, 6.07) is 23.6. The Hall–Kier alpha value is -6.78. The zero-order valence-electron chi connectivity index (χ0n) is 42.7. The van der Waals surface area contributed by atoms with Crippen molar-refractivity contribution in [2.24, 2.45) is 11.8 Å². The van der Waals surface area contributed by atoms with Crippen molar-refractivity contribution in [2.75, 3.05) is 14.2 Å². The lowest BCUT2D eigenvalue weighted by atomic mass is 9.84. The number of imidazole rings is 2. The molecule has 6 aromatic rings. The van der Waals surface area contributed by atoms with Crippen molar-refractivity contribution in [1.82, 2.24) is 40.4 Å². The number of nitrogens with zero attached hydrogens (tertiary/aromatic N) is 4. The molecule has 8 aliphatic rings. The number of H-pyrrole nitrogens is 2. The number of alkyl carbamates (subject to hydrolysis) is 2. The molecular formula is C58H68N8O8. The number of hydrogen-bond donors (Lipinski definition) is 6. The normalized spacial score (nSPS) is 24.1. The average molecular weight is 1010 g/mol. The summed E-state index contributed by atoms with van der Waals surface area (Å²) in [5.41, 5.74) is 13.0. The van der Waals surface area contributed by atoms with Gasteiger partial charge >= 0.3 is 12.2 Å². The fourth-order valence-electron chi connectivity index (χ4n) is 13.3. The van der Waals surface area contributed by atoms with Crippen LogP contribution in [0.1, 0.15) is 124 Å². The molecule has 10 atom stereocenters. The highest BCUT2D eigenvalue weighted by Gasteiger charge is 2.50. The van der Waals surface area contributed by atoms with Gasteiger partial charge in [0.25, 0.3) is 0 Å². The van der Waals surface area contributed by atoms with E-state index in [-0.39, 0.29) is 36.0 Å². The molecular weight excluding hydrogens is 937 g/mol. The van der Waals surface area contributed by atoms with Gasteiger partial charge in [0.15, 0.2) is 0 Å². The van der Waals surface area contributed by atoms with Crippen molar-refractivity contribution in [3.8, 4) is 22.3 Å². The van der Waals surface area contributed by atoms with Crippen molar-refractivity contribution in [1.29, 1.82) is 0 Å². The third kappa shape index (κ3) is 9.39. The van der Waals surface area contributed by atoms with Crippen molar-refractivity contribution < 1.29 is 38.9 Å². The second kappa shape index (κ2) is 20.5. The number of aromatic amines is 2. The van der Waals surface area contributed by atoms with Gasteiger partial charge in [0.05, 0.1) is 60.6 Å². The number of aliphatic hydroxyl groups is 2. The molecule has 2 aromatic heterocycles. The van der Waals surface area contributed by atoms with Gasteiger partial charge in [-0.2, -0.15) is 0 Å². The number of amides is 4. The van der Waals surface area contributed by atoms with Gasteiger partial charge in [-0.05, 0) is 159 Å². The molecule has 4 amide bonds. The number of benzene rings is 4. The number of ether oxygens (including phenoxy) is 2. The Labute approximate surface area is 431 Å². The van der Waals surface area contributed by atoms with Crippen LogP contribution >= 0.6 is 0 Å². The van der Waals surface area contributed by atoms with Crippen LogP contribution in [0.15, 0.2) is 72.8 Å². The minimum absolute atomic E-state index is 0.00196. The molecule has 4 fully saturated rings. The van der Waals surface area contributed by atoms with Gasteiger partial charge in [-0.15, -0.1) is 0 Å². The smallest absolute Gasteiger partial charge is 0.407 e. The fraction of sp³-hybridized carbons (Fsp3) is 0.483. The van der Waals surface area contributed by atoms with E-state index < -0.39 is 36.5 Å². The molecule has 4 heterocycles. The summed E-state index contributed by atoms with van der Waals surface area (Å²) < 4.78 is 9.64. The molecule has 2 saturated heterocycles. The molecule has 0 spiro atoms. The van der Waals surface area contributed by atoms with Gasteiger partial charge in [0.1, 0.15) is 23.7 Å². The van der Waals surface area contributed by atoms with Crippen LogP contribution in [0, 0.1) is 11.8 Å². The number of nitrogens with one attached hydrogen (secondary N) is 4. The summed E-state index contributed by atoms with van der Waals surface area (Å²) in [4.78, 5) is 74.5. The van der Waals surface area contributed by atoms with Crippen LogP contribution in [-0.4, -0.2) is 115 Å². The molecule has 0 radical (unpaired) electrons. The third-order valence-corrected chi connectivity index (χ3v) is 17.1. The lowest BCUT2D eigenvalue weighted by Crippen LogP contribution is -2.55. The monoisotopic (exact) mass is 1000 g/mol. The maximum Gasteiger partial charge on any atom is 0.407 e. The molecule has 4 aromatic carbocycles. The molecule has 14 rings (SSSR count). The number of fused-ring (bicyclic) bond motifs is 4. The Morgan fingerprint density at radius 1 is 0.581 bits per heavy atom. The summed E-state index contributed by atoms with van der Waals surface area (Å²) in [5, 5.41) is 26.6. The summed E-state index contributed by atoms with van der Waals surface area (Å²) in [6.07, 6.45) is 9.14. The van der Waals surface area contributed by atoms with E-state index in [9.17, 15) is 29.4 Å². The van der Waals surface area contributed by atoms with E-state index in [4.69, 9.17) is 19.4 Å². The molecule has 4 bridgehead atoms. The number of aliphatic hydroxyl groups excluding tert-OH is 2. The molecule has 16 heteroatoms. The number of likely N-dealkylation sites (tertiary alicyclic amines) is 2. The van der Waals surface area contributed by atoms with Crippen LogP contribution in [-0.2, 0) is 44.7 Å². The maximum absolute atomic E-state index is 14.3. The first-order valence-electron chi connectivity index (χ1n) is 26.8. The van der Waals surface area contributed by atoms with Gasteiger partial charge in [0, 0.05) is 12.1 Å². The molecule has 10 unspecified atom stereocenters. The van der Waals surface area contributed by atoms with Crippen molar-refractivity contribution in [2.45, 2.75) is 152 Å². The van der Waals surface area contributed by atoms with E-state index in [1.54, 1.807) is 0 Å². The van der Waals surface area contributed by atoms with E-state index in [1.165, 1.54) is 61.4 Å². The minimum atomic E-state index is -1.14. The Bertz CT molecular complexity index is 2900. The summed E-state index contributed by atoms with van der Waals surface area (Å²) in [6.45, 7) is 3.03. The van der Waals surface area contributed by atoms with E-state index in [2.05, 4.69) is 93.4 Å². The summed E-state index contributed by atoms with van der Waals surface area (Å²) >= 11 is 0. The SMILES string of the molecule is COC(=O)NC(C(=O)N1C(c2nc3ccc(-c4cc5ccc4CCc4ccc(c(-c6ccc7nc(C8CC9CCCCC9N8C(=O)C(NC(=O)OC)C(C)O)[nH]c7c6)c4)CC5)cc3[nH]2)CC2CCCCC21)C(C)O. The second-order valence-electron chi connectivity index (χ2n) is 21.6. The van der Waals surface area contributed by atoms with Gasteiger partial charge in [-0.1, -0.05) is 74.2 Å². The molecule has 388 valence electrons. The lowest BCUT2D eigenvalue weighted by Gasteiger charge is -2.36. The van der Waals surface area contributed by atoms with E-state index in [1.807, 2.05) is 9.80 Å². The van der Waals surface area contributed by atoms with Crippen LogP contribution in [0.4, 0.5) is 9.59 Å². The van der Waals surface area contributed by atoms with E-state index in [0.29, 0.717) is 23.5 Å². The summed E-state index contributed by atoms with van der Waals surface area (Å²) in [5.74, 6) is 1.40. The van der Waals surface area contributed by atoms with Crippen LogP contribution in [0.2, 0.25) is 0 Å². The topological polar surface area (TPSA) is 215 Å². The number of aryl methyl sites for hydroxylation is 4. The van der Waals surface area contributed by atoms with Crippen LogP contribution in [0.25, 0.3) is 44.3 Å². The second-order valence-corrected chi connectivity index (χ2v) is 21.6. The molecule has 2 saturated carbocycles. The minimum Gasteiger partial charge on any atom is -0.453 e. The molecule has 6 N–H and O–H groups in total. The van der Waals surface area contributed by atoms with Gasteiger partial charge in [0.2, 0.25) is 11.8 Å². The zero-order valence-corrected chi connectivity index (χ0v) is 42.7. The number of rotatable bonds is 10. The van der Waals surface area contributed by atoms with Crippen LogP contribution < -0.4 is 10.6 Å². The quantitative estimate of drug-likeness (QED) is 0.0769. The van der Waals surface area contributed by atoms with Crippen molar-refractivity contribution >= 4 is 46.1 Å². The highest BCUT2D eigenvalue weighted by atomic mass is 16.5. The zero-order chi connectivity index (χ0) is 51.4. The lowest BCUT2D eigenvalue weighted by molar-refractivity contribution is -0.140. The Morgan fingerprint density at radius 2 is 1.00 bits per heavy atom. The maximum atomic E-state index is 14.3. The number of hydrogen-bond acceptors (Lipinski definition) is 10. The Morgan fingerprint density at radius 3 is 1.41 bits per heavy atom. The van der Waals surface area contributed by atoms with Crippen molar-refractivity contribution in [3.05, 3.63) is 107 Å². The first-order chi connectivity index (χ1) is 35.8.